The van der Waals surface area contributed by atoms with Crippen LogP contribution in [0.2, 0.25) is 0 Å². The fourth-order valence-corrected chi connectivity index (χ4v) is 1.80. The largest absolute Gasteiger partial charge is 0.497 e. The van der Waals surface area contributed by atoms with Crippen molar-refractivity contribution in [3.63, 3.8) is 0 Å². The normalized spacial score (nSPS) is 11.0. The summed E-state index contributed by atoms with van der Waals surface area (Å²) < 4.78 is 96.4. The number of methoxy groups -OCH3 is 1. The number of benzene rings is 2. The van der Waals surface area contributed by atoms with Crippen LogP contribution in [0.4, 0.5) is 30.7 Å². The molecule has 0 fully saturated rings. The Morgan fingerprint density at radius 1 is 0.792 bits per heavy atom. The zero-order chi connectivity index (χ0) is 18.1. The second-order valence-corrected chi connectivity index (χ2v) is 4.48. The fourth-order valence-electron chi connectivity index (χ4n) is 1.80. The lowest BCUT2D eigenvalue weighted by Crippen LogP contribution is -2.16. The van der Waals surface area contributed by atoms with Gasteiger partial charge in [-0.1, -0.05) is 11.8 Å². The molecule has 8 heteroatoms. The first-order valence-corrected chi connectivity index (χ1v) is 6.26. The van der Waals surface area contributed by atoms with Crippen LogP contribution >= 0.6 is 0 Å². The summed E-state index contributed by atoms with van der Waals surface area (Å²) >= 11 is 0. The average molecular weight is 348 g/mol. The van der Waals surface area contributed by atoms with E-state index in [4.69, 9.17) is 4.74 Å². The third-order valence-electron chi connectivity index (χ3n) is 2.97. The van der Waals surface area contributed by atoms with Crippen molar-refractivity contribution in [1.82, 2.24) is 0 Å². The van der Waals surface area contributed by atoms with Gasteiger partial charge in [0.1, 0.15) is 16.9 Å². The van der Waals surface area contributed by atoms with Gasteiger partial charge in [0.25, 0.3) is 0 Å². The minimum Gasteiger partial charge on any atom is -0.497 e. The molecule has 2 aromatic carbocycles. The maximum absolute atomic E-state index is 13.7. The molecule has 0 aliphatic carbocycles. The fraction of sp³-hybridized carbons (Fsp3) is 0.125. The van der Waals surface area contributed by atoms with Crippen molar-refractivity contribution in [3.05, 3.63) is 64.2 Å². The molecule has 0 aliphatic rings. The van der Waals surface area contributed by atoms with Crippen molar-refractivity contribution in [2.24, 2.45) is 0 Å². The molecule has 0 N–H and O–H groups in total. The summed E-state index contributed by atoms with van der Waals surface area (Å²) in [6, 6.07) is 5.70. The minimum atomic E-state index is -5.59. The number of rotatable bonds is 1. The van der Waals surface area contributed by atoms with Crippen LogP contribution in [0.1, 0.15) is 16.7 Å². The molecule has 126 valence electrons. The van der Waals surface area contributed by atoms with Crippen molar-refractivity contribution in [2.45, 2.75) is 6.18 Å². The Balaban J connectivity index is 2.55. The van der Waals surface area contributed by atoms with E-state index < -0.39 is 40.6 Å². The SMILES string of the molecule is COc1ccc(C#Cc2c(F)c(F)c(C(F)(F)F)c(F)c2F)cc1. The van der Waals surface area contributed by atoms with Crippen molar-refractivity contribution in [3.8, 4) is 17.6 Å². The van der Waals surface area contributed by atoms with Crippen LogP contribution in [0.25, 0.3) is 0 Å². The highest BCUT2D eigenvalue weighted by molar-refractivity contribution is 5.47. The van der Waals surface area contributed by atoms with Gasteiger partial charge in [0, 0.05) is 5.56 Å². The Hall–Kier alpha value is -2.69. The molecular weight excluding hydrogens is 341 g/mol. The molecule has 0 spiro atoms. The topological polar surface area (TPSA) is 9.23 Å². The molecule has 0 aromatic heterocycles. The van der Waals surface area contributed by atoms with Crippen molar-refractivity contribution < 1.29 is 35.5 Å². The van der Waals surface area contributed by atoms with Gasteiger partial charge in [0.05, 0.1) is 7.11 Å². The van der Waals surface area contributed by atoms with E-state index in [1.54, 1.807) is 0 Å². The maximum atomic E-state index is 13.7. The number of ether oxygens (including phenoxy) is 1. The Kier molecular flexibility index (Phi) is 4.73. The van der Waals surface area contributed by atoms with Gasteiger partial charge < -0.3 is 4.74 Å². The molecule has 24 heavy (non-hydrogen) atoms. The van der Waals surface area contributed by atoms with Gasteiger partial charge in [-0.2, -0.15) is 13.2 Å². The van der Waals surface area contributed by atoms with E-state index in [9.17, 15) is 30.7 Å². The summed E-state index contributed by atoms with van der Waals surface area (Å²) in [5.41, 5.74) is -3.85. The molecule has 0 aliphatic heterocycles. The molecule has 0 radical (unpaired) electrons. The van der Waals surface area contributed by atoms with E-state index in [2.05, 4.69) is 5.92 Å². The number of alkyl halides is 3. The first-order chi connectivity index (χ1) is 11.2. The van der Waals surface area contributed by atoms with Crippen molar-refractivity contribution >= 4 is 0 Å². The monoisotopic (exact) mass is 348 g/mol. The molecule has 0 amide bonds. The van der Waals surface area contributed by atoms with Crippen molar-refractivity contribution in [2.75, 3.05) is 7.11 Å². The highest BCUT2D eigenvalue weighted by Gasteiger charge is 2.42. The molecular formula is C16H7F7O. The predicted octanol–water partition coefficient (Wildman–Crippen LogP) is 4.67. The molecule has 2 aromatic rings. The molecule has 0 saturated carbocycles. The van der Waals surface area contributed by atoms with E-state index in [-0.39, 0.29) is 5.56 Å². The first-order valence-electron chi connectivity index (χ1n) is 6.26. The summed E-state index contributed by atoms with van der Waals surface area (Å²) in [5.74, 6) is -5.02. The summed E-state index contributed by atoms with van der Waals surface area (Å²) in [6.07, 6.45) is -5.59. The van der Waals surface area contributed by atoms with Crippen LogP contribution in [0, 0.1) is 35.1 Å². The van der Waals surface area contributed by atoms with E-state index in [0.717, 1.165) is 0 Å². The zero-order valence-corrected chi connectivity index (χ0v) is 11.9. The Labute approximate surface area is 131 Å². The molecule has 0 unspecified atom stereocenters. The van der Waals surface area contributed by atoms with Crippen LogP contribution in [0.15, 0.2) is 24.3 Å². The van der Waals surface area contributed by atoms with Gasteiger partial charge in [-0.3, -0.25) is 0 Å². The van der Waals surface area contributed by atoms with Gasteiger partial charge in [-0.05, 0) is 24.3 Å². The zero-order valence-electron chi connectivity index (χ0n) is 11.9. The van der Waals surface area contributed by atoms with Gasteiger partial charge in [-0.25, -0.2) is 17.6 Å². The molecule has 2 rings (SSSR count). The number of hydrogen-bond acceptors (Lipinski definition) is 1. The summed E-state index contributed by atoms with van der Waals surface area (Å²) in [7, 11) is 1.40. The van der Waals surface area contributed by atoms with Gasteiger partial charge in [0.15, 0.2) is 23.3 Å². The first kappa shape index (κ1) is 17.7. The van der Waals surface area contributed by atoms with E-state index in [1.807, 2.05) is 5.92 Å². The highest BCUT2D eigenvalue weighted by Crippen LogP contribution is 2.36. The van der Waals surface area contributed by atoms with E-state index in [0.29, 0.717) is 5.75 Å². The second kappa shape index (κ2) is 6.43. The summed E-state index contributed by atoms with van der Waals surface area (Å²) in [6.45, 7) is 0. The van der Waals surface area contributed by atoms with Crippen LogP contribution in [-0.2, 0) is 6.18 Å². The smallest absolute Gasteiger partial charge is 0.422 e. The van der Waals surface area contributed by atoms with Crippen LogP contribution in [-0.4, -0.2) is 7.11 Å². The maximum Gasteiger partial charge on any atom is 0.422 e. The van der Waals surface area contributed by atoms with E-state index in [1.165, 1.54) is 31.4 Å². The number of halogens is 7. The molecule has 0 bridgehead atoms. The minimum absolute atomic E-state index is 0.204. The molecule has 0 atom stereocenters. The van der Waals surface area contributed by atoms with Gasteiger partial charge in [-0.15, -0.1) is 0 Å². The number of hydrogen-bond donors (Lipinski definition) is 0. The Bertz CT molecular complexity index is 798. The lowest BCUT2D eigenvalue weighted by atomic mass is 10.1. The van der Waals surface area contributed by atoms with E-state index >= 15 is 0 Å². The quantitative estimate of drug-likeness (QED) is 0.413. The lowest BCUT2D eigenvalue weighted by Gasteiger charge is -2.11. The predicted molar refractivity (Wildman–Crippen MR) is 70.2 cm³/mol. The Morgan fingerprint density at radius 2 is 1.29 bits per heavy atom. The standard InChI is InChI=1S/C16H7F7O/c1-24-9-5-2-8(3-6-9)4-7-10-12(17)14(19)11(16(21,22)23)15(20)13(10)18/h2-3,5-6H,1H3. The second-order valence-electron chi connectivity index (χ2n) is 4.48. The third kappa shape index (κ3) is 3.30. The summed E-state index contributed by atoms with van der Waals surface area (Å²) in [5, 5.41) is 0. The Morgan fingerprint density at radius 3 is 1.71 bits per heavy atom. The molecule has 0 heterocycles. The highest BCUT2D eigenvalue weighted by atomic mass is 19.4. The lowest BCUT2D eigenvalue weighted by molar-refractivity contribution is -0.143. The molecule has 1 nitrogen and oxygen atoms in total. The van der Waals surface area contributed by atoms with Crippen LogP contribution in [0.5, 0.6) is 5.75 Å². The molecule has 0 saturated heterocycles. The van der Waals surface area contributed by atoms with Crippen molar-refractivity contribution in [1.29, 1.82) is 0 Å². The third-order valence-corrected chi connectivity index (χ3v) is 2.97. The van der Waals surface area contributed by atoms with Gasteiger partial charge >= 0.3 is 6.18 Å². The van der Waals surface area contributed by atoms with Crippen LogP contribution < -0.4 is 4.74 Å². The summed E-state index contributed by atoms with van der Waals surface area (Å²) in [4.78, 5) is 0. The van der Waals surface area contributed by atoms with Crippen LogP contribution in [0.3, 0.4) is 0 Å². The average Bonchev–Trinajstić information content (AvgIpc) is 2.52. The van der Waals surface area contributed by atoms with Gasteiger partial charge in [0.2, 0.25) is 0 Å².